The van der Waals surface area contributed by atoms with Crippen LogP contribution in [-0.2, 0) is 4.79 Å². The van der Waals surface area contributed by atoms with Crippen molar-refractivity contribution in [3.05, 3.63) is 23.8 Å². The van der Waals surface area contributed by atoms with E-state index in [1.807, 2.05) is 0 Å². The van der Waals surface area contributed by atoms with Crippen molar-refractivity contribution >= 4 is 29.9 Å². The van der Waals surface area contributed by atoms with Crippen molar-refractivity contribution in [2.24, 2.45) is 11.7 Å². The van der Waals surface area contributed by atoms with Crippen LogP contribution >= 0.6 is 12.4 Å². The summed E-state index contributed by atoms with van der Waals surface area (Å²) < 4.78 is 5.20. The number of halogens is 1. The van der Waals surface area contributed by atoms with E-state index in [1.165, 1.54) is 0 Å². The molecule has 3 rings (SSSR count). The van der Waals surface area contributed by atoms with Crippen molar-refractivity contribution in [1.29, 1.82) is 0 Å². The number of methoxy groups -OCH3 is 1. The number of carbonyl (C=O) groups is 2. The largest absolute Gasteiger partial charge is 0.497 e. The topological polar surface area (TPSA) is 93.4 Å². The van der Waals surface area contributed by atoms with Crippen LogP contribution in [0.15, 0.2) is 18.2 Å². The highest BCUT2D eigenvalue weighted by Crippen LogP contribution is 2.28. The van der Waals surface area contributed by atoms with E-state index in [0.29, 0.717) is 23.4 Å². The molecule has 0 unspecified atom stereocenters. The molecule has 0 radical (unpaired) electrons. The highest BCUT2D eigenvalue weighted by atomic mass is 35.5. The van der Waals surface area contributed by atoms with Gasteiger partial charge in [0.25, 0.3) is 5.91 Å². The standard InChI is InChI=1S/C18H25N3O3.ClH/c1-24-13-7-8-16(14(10-13)18(23)20-12-5-6-12)21-17(22)9-11-3-2-4-15(11)19;/h7-8,10-12,15H,2-6,9,19H2,1H3,(H,20,23)(H,21,22);1H/t11-,15+;/m0./s1. The number of hydrogen-bond acceptors (Lipinski definition) is 4. The molecule has 2 fully saturated rings. The molecule has 4 N–H and O–H groups in total. The molecule has 2 aliphatic rings. The first-order valence-corrected chi connectivity index (χ1v) is 8.61. The van der Waals surface area contributed by atoms with Crippen molar-refractivity contribution in [1.82, 2.24) is 5.32 Å². The molecule has 2 atom stereocenters. The molecule has 2 aliphatic carbocycles. The third-order valence-corrected chi connectivity index (χ3v) is 4.82. The summed E-state index contributed by atoms with van der Waals surface area (Å²) in [5.41, 5.74) is 6.99. The fourth-order valence-corrected chi connectivity index (χ4v) is 3.20. The van der Waals surface area contributed by atoms with Crippen molar-refractivity contribution in [2.45, 2.75) is 50.6 Å². The molecule has 0 aliphatic heterocycles. The minimum Gasteiger partial charge on any atom is -0.497 e. The molecule has 138 valence electrons. The van der Waals surface area contributed by atoms with Gasteiger partial charge in [0.1, 0.15) is 5.75 Å². The van der Waals surface area contributed by atoms with E-state index in [2.05, 4.69) is 10.6 Å². The summed E-state index contributed by atoms with van der Waals surface area (Å²) in [6, 6.07) is 5.47. The van der Waals surface area contributed by atoms with Gasteiger partial charge >= 0.3 is 0 Å². The molecule has 0 saturated heterocycles. The Hall–Kier alpha value is -1.79. The third kappa shape index (κ3) is 5.09. The van der Waals surface area contributed by atoms with E-state index >= 15 is 0 Å². The minimum absolute atomic E-state index is 0. The predicted octanol–water partition coefficient (Wildman–Crippen LogP) is 2.47. The first-order valence-electron chi connectivity index (χ1n) is 8.61. The number of anilines is 1. The normalized spacial score (nSPS) is 22.0. The minimum atomic E-state index is -0.177. The van der Waals surface area contributed by atoms with Crippen LogP contribution in [-0.4, -0.2) is 31.0 Å². The summed E-state index contributed by atoms with van der Waals surface area (Å²) in [5.74, 6) is 0.547. The maximum atomic E-state index is 12.4. The number of carbonyl (C=O) groups excluding carboxylic acids is 2. The number of nitrogens with two attached hydrogens (primary N) is 1. The lowest BCUT2D eigenvalue weighted by molar-refractivity contribution is -0.117. The van der Waals surface area contributed by atoms with Gasteiger partial charge in [0, 0.05) is 18.5 Å². The summed E-state index contributed by atoms with van der Waals surface area (Å²) in [7, 11) is 1.55. The lowest BCUT2D eigenvalue weighted by Crippen LogP contribution is -2.29. The Morgan fingerprint density at radius 3 is 2.60 bits per heavy atom. The molecule has 1 aromatic carbocycles. The Kier molecular flexibility index (Phi) is 6.67. The van der Waals surface area contributed by atoms with Gasteiger partial charge in [-0.05, 0) is 49.8 Å². The zero-order valence-electron chi connectivity index (χ0n) is 14.4. The van der Waals surface area contributed by atoms with Crippen LogP contribution in [0.4, 0.5) is 5.69 Å². The van der Waals surface area contributed by atoms with Gasteiger partial charge in [0.15, 0.2) is 0 Å². The van der Waals surface area contributed by atoms with E-state index in [-0.39, 0.29) is 42.2 Å². The highest BCUT2D eigenvalue weighted by molar-refractivity contribution is 6.04. The lowest BCUT2D eigenvalue weighted by Gasteiger charge is -2.16. The Balaban J connectivity index is 0.00000225. The maximum absolute atomic E-state index is 12.4. The number of amides is 2. The summed E-state index contributed by atoms with van der Waals surface area (Å²) in [6.07, 6.45) is 5.48. The summed E-state index contributed by atoms with van der Waals surface area (Å²) >= 11 is 0. The first-order chi connectivity index (χ1) is 11.6. The summed E-state index contributed by atoms with van der Waals surface area (Å²) in [5, 5.41) is 5.82. The molecule has 0 spiro atoms. The number of ether oxygens (including phenoxy) is 1. The first kappa shape index (κ1) is 19.5. The van der Waals surface area contributed by atoms with Gasteiger partial charge in [-0.25, -0.2) is 0 Å². The number of nitrogens with one attached hydrogen (secondary N) is 2. The second-order valence-electron chi connectivity index (χ2n) is 6.77. The highest BCUT2D eigenvalue weighted by Gasteiger charge is 2.28. The molecule has 7 heteroatoms. The van der Waals surface area contributed by atoms with Gasteiger partial charge in [0.05, 0.1) is 18.4 Å². The molecule has 2 saturated carbocycles. The van der Waals surface area contributed by atoms with E-state index in [0.717, 1.165) is 32.1 Å². The molecule has 6 nitrogen and oxygen atoms in total. The molecule has 0 heterocycles. The monoisotopic (exact) mass is 367 g/mol. The van der Waals surface area contributed by atoms with Crippen LogP contribution in [0.5, 0.6) is 5.75 Å². The van der Waals surface area contributed by atoms with Gasteiger partial charge in [-0.2, -0.15) is 0 Å². The molecule has 1 aromatic rings. The summed E-state index contributed by atoms with van der Waals surface area (Å²) in [6.45, 7) is 0. The fourth-order valence-electron chi connectivity index (χ4n) is 3.20. The van der Waals surface area contributed by atoms with Crippen molar-refractivity contribution in [2.75, 3.05) is 12.4 Å². The van der Waals surface area contributed by atoms with Crippen molar-refractivity contribution in [3.63, 3.8) is 0 Å². The zero-order valence-corrected chi connectivity index (χ0v) is 15.2. The second-order valence-corrected chi connectivity index (χ2v) is 6.77. The van der Waals surface area contributed by atoms with Crippen LogP contribution in [0.2, 0.25) is 0 Å². The zero-order chi connectivity index (χ0) is 17.1. The van der Waals surface area contributed by atoms with Crippen LogP contribution in [0.1, 0.15) is 48.9 Å². The molecule has 0 bridgehead atoms. The van der Waals surface area contributed by atoms with E-state index in [4.69, 9.17) is 10.5 Å². The van der Waals surface area contributed by atoms with E-state index < -0.39 is 0 Å². The number of rotatable bonds is 6. The maximum Gasteiger partial charge on any atom is 0.253 e. The van der Waals surface area contributed by atoms with Crippen LogP contribution in [0, 0.1) is 5.92 Å². The Bertz CT molecular complexity index is 634. The average molecular weight is 368 g/mol. The second kappa shape index (κ2) is 8.54. The Labute approximate surface area is 154 Å². The third-order valence-electron chi connectivity index (χ3n) is 4.82. The molecular formula is C18H26ClN3O3. The van der Waals surface area contributed by atoms with Crippen molar-refractivity contribution in [3.8, 4) is 5.75 Å². The van der Waals surface area contributed by atoms with E-state index in [9.17, 15) is 9.59 Å². The number of hydrogen-bond donors (Lipinski definition) is 3. The van der Waals surface area contributed by atoms with Gasteiger partial charge in [0.2, 0.25) is 5.91 Å². The van der Waals surface area contributed by atoms with Gasteiger partial charge in [-0.3, -0.25) is 9.59 Å². The molecule has 0 aromatic heterocycles. The summed E-state index contributed by atoms with van der Waals surface area (Å²) in [4.78, 5) is 24.8. The van der Waals surface area contributed by atoms with Crippen LogP contribution in [0.25, 0.3) is 0 Å². The van der Waals surface area contributed by atoms with E-state index in [1.54, 1.807) is 25.3 Å². The number of benzene rings is 1. The fraction of sp³-hybridized carbons (Fsp3) is 0.556. The predicted molar refractivity (Wildman–Crippen MR) is 99.3 cm³/mol. The van der Waals surface area contributed by atoms with Crippen LogP contribution < -0.4 is 21.1 Å². The quantitative estimate of drug-likeness (QED) is 0.720. The Morgan fingerprint density at radius 1 is 1.24 bits per heavy atom. The van der Waals surface area contributed by atoms with Crippen LogP contribution in [0.3, 0.4) is 0 Å². The Morgan fingerprint density at radius 2 is 2.00 bits per heavy atom. The van der Waals surface area contributed by atoms with Gasteiger partial charge < -0.3 is 21.1 Å². The molecule has 25 heavy (non-hydrogen) atoms. The molecular weight excluding hydrogens is 342 g/mol. The van der Waals surface area contributed by atoms with Gasteiger partial charge in [-0.1, -0.05) is 6.42 Å². The lowest BCUT2D eigenvalue weighted by atomic mass is 9.99. The average Bonchev–Trinajstić information content (AvgIpc) is 3.29. The SMILES string of the molecule is COc1ccc(NC(=O)C[C@@H]2CCC[C@H]2N)c(C(=O)NC2CC2)c1.Cl. The molecule has 2 amide bonds. The van der Waals surface area contributed by atoms with Gasteiger partial charge in [-0.15, -0.1) is 12.4 Å². The smallest absolute Gasteiger partial charge is 0.253 e. The van der Waals surface area contributed by atoms with Crippen molar-refractivity contribution < 1.29 is 14.3 Å².